The zero-order valence-corrected chi connectivity index (χ0v) is 14.7. The predicted octanol–water partition coefficient (Wildman–Crippen LogP) is 4.52. The molecule has 0 bridgehead atoms. The lowest BCUT2D eigenvalue weighted by Crippen LogP contribution is -2.39. The van der Waals surface area contributed by atoms with E-state index in [0.29, 0.717) is 11.7 Å². The molecule has 1 fully saturated rings. The number of para-hydroxylation sites is 1. The summed E-state index contributed by atoms with van der Waals surface area (Å²) < 4.78 is 0. The van der Waals surface area contributed by atoms with Crippen LogP contribution in [0.5, 0.6) is 0 Å². The summed E-state index contributed by atoms with van der Waals surface area (Å²) in [5.74, 6) is 0.575. The van der Waals surface area contributed by atoms with Gasteiger partial charge >= 0.3 is 0 Å². The lowest BCUT2D eigenvalue weighted by molar-refractivity contribution is -0.384. The van der Waals surface area contributed by atoms with E-state index in [9.17, 15) is 14.9 Å². The normalized spacial score (nSPS) is 16.0. The Morgan fingerprint density at radius 2 is 2.00 bits per heavy atom. The third kappa shape index (κ3) is 4.00. The summed E-state index contributed by atoms with van der Waals surface area (Å²) in [5, 5.41) is 11.5. The molecule has 0 unspecified atom stereocenters. The molecular formula is C17H14ClN3O3S. The van der Waals surface area contributed by atoms with Gasteiger partial charge in [0.1, 0.15) is 0 Å². The van der Waals surface area contributed by atoms with Crippen molar-refractivity contribution in [1.82, 2.24) is 4.90 Å². The van der Waals surface area contributed by atoms with Crippen molar-refractivity contribution < 1.29 is 9.72 Å². The van der Waals surface area contributed by atoms with E-state index < -0.39 is 4.92 Å². The number of thioether (sulfide) groups is 1. The van der Waals surface area contributed by atoms with Gasteiger partial charge in [-0.15, -0.1) is 0 Å². The van der Waals surface area contributed by atoms with Crippen LogP contribution in [-0.2, 0) is 0 Å². The Balaban J connectivity index is 1.91. The number of benzene rings is 2. The number of nitrogens with zero attached hydrogens (tertiary/aromatic N) is 3. The summed E-state index contributed by atoms with van der Waals surface area (Å²) in [4.78, 5) is 29.3. The quantitative estimate of drug-likeness (QED) is 0.584. The maximum absolute atomic E-state index is 12.9. The van der Waals surface area contributed by atoms with Gasteiger partial charge in [0.05, 0.1) is 21.2 Å². The Morgan fingerprint density at radius 1 is 1.24 bits per heavy atom. The predicted molar refractivity (Wildman–Crippen MR) is 99.8 cm³/mol. The maximum Gasteiger partial charge on any atom is 0.270 e. The molecule has 1 amide bonds. The Hall–Kier alpha value is -2.38. The highest BCUT2D eigenvalue weighted by Gasteiger charge is 2.27. The van der Waals surface area contributed by atoms with Crippen LogP contribution in [0.15, 0.2) is 53.5 Å². The highest BCUT2D eigenvalue weighted by Crippen LogP contribution is 2.28. The second-order valence-corrected chi connectivity index (χ2v) is 6.78. The SMILES string of the molecule is O=C(c1ccc([N+](=O)[O-])cc1Cl)N1CCCSC1=Nc1ccccc1. The third-order valence-corrected chi connectivity index (χ3v) is 4.98. The van der Waals surface area contributed by atoms with E-state index in [0.717, 1.165) is 17.9 Å². The molecule has 3 rings (SSSR count). The number of nitro benzene ring substituents is 1. The molecule has 25 heavy (non-hydrogen) atoms. The first-order valence-corrected chi connectivity index (χ1v) is 8.95. The molecule has 6 nitrogen and oxygen atoms in total. The topological polar surface area (TPSA) is 75.8 Å². The van der Waals surface area contributed by atoms with Gasteiger partial charge < -0.3 is 0 Å². The van der Waals surface area contributed by atoms with Crippen molar-refractivity contribution in [1.29, 1.82) is 0 Å². The van der Waals surface area contributed by atoms with E-state index in [4.69, 9.17) is 11.6 Å². The second-order valence-electron chi connectivity index (χ2n) is 5.31. The highest BCUT2D eigenvalue weighted by atomic mass is 35.5. The fourth-order valence-electron chi connectivity index (χ4n) is 2.39. The summed E-state index contributed by atoms with van der Waals surface area (Å²) in [7, 11) is 0. The zero-order chi connectivity index (χ0) is 17.8. The Morgan fingerprint density at radius 3 is 2.68 bits per heavy atom. The monoisotopic (exact) mass is 375 g/mol. The van der Waals surface area contributed by atoms with Gasteiger partial charge in [0.2, 0.25) is 0 Å². The van der Waals surface area contributed by atoms with Crippen LogP contribution >= 0.6 is 23.4 Å². The lowest BCUT2D eigenvalue weighted by Gasteiger charge is -2.28. The molecule has 0 atom stereocenters. The van der Waals surface area contributed by atoms with E-state index in [2.05, 4.69) is 4.99 Å². The first kappa shape index (κ1) is 17.4. The number of aliphatic imine (C=N–C) groups is 1. The number of rotatable bonds is 3. The van der Waals surface area contributed by atoms with Crippen LogP contribution in [0.2, 0.25) is 5.02 Å². The number of amidine groups is 1. The Labute approximate surface area is 153 Å². The van der Waals surface area contributed by atoms with Crippen LogP contribution in [0.1, 0.15) is 16.8 Å². The minimum atomic E-state index is -0.542. The van der Waals surface area contributed by atoms with Gasteiger partial charge in [-0.3, -0.25) is 19.8 Å². The van der Waals surface area contributed by atoms with Gasteiger partial charge in [-0.25, -0.2) is 4.99 Å². The van der Waals surface area contributed by atoms with Crippen molar-refractivity contribution in [3.05, 3.63) is 69.2 Å². The van der Waals surface area contributed by atoms with Crippen molar-refractivity contribution in [2.45, 2.75) is 6.42 Å². The molecule has 1 heterocycles. The molecule has 128 valence electrons. The van der Waals surface area contributed by atoms with E-state index >= 15 is 0 Å². The number of amides is 1. The highest BCUT2D eigenvalue weighted by molar-refractivity contribution is 8.13. The van der Waals surface area contributed by atoms with Crippen molar-refractivity contribution in [2.75, 3.05) is 12.3 Å². The molecule has 0 N–H and O–H groups in total. The van der Waals surface area contributed by atoms with E-state index in [1.54, 1.807) is 4.90 Å². The molecule has 0 radical (unpaired) electrons. The first-order valence-electron chi connectivity index (χ1n) is 7.58. The molecule has 1 saturated heterocycles. The van der Waals surface area contributed by atoms with Gasteiger partial charge in [0.15, 0.2) is 5.17 Å². The molecule has 1 aliphatic heterocycles. The largest absolute Gasteiger partial charge is 0.287 e. The molecule has 1 aliphatic rings. The van der Waals surface area contributed by atoms with Crippen LogP contribution in [0, 0.1) is 10.1 Å². The number of carbonyl (C=O) groups is 1. The van der Waals surface area contributed by atoms with Crippen molar-refractivity contribution in [2.24, 2.45) is 4.99 Å². The van der Waals surface area contributed by atoms with Crippen molar-refractivity contribution >= 4 is 45.8 Å². The lowest BCUT2D eigenvalue weighted by atomic mass is 10.1. The van der Waals surface area contributed by atoms with Crippen molar-refractivity contribution in [3.8, 4) is 0 Å². The summed E-state index contributed by atoms with van der Waals surface area (Å²) in [6.07, 6.45) is 0.842. The molecule has 2 aromatic carbocycles. The number of non-ortho nitro benzene ring substituents is 1. The summed E-state index contributed by atoms with van der Waals surface area (Å²) >= 11 is 7.60. The number of carbonyl (C=O) groups excluding carboxylic acids is 1. The van der Waals surface area contributed by atoms with E-state index in [1.807, 2.05) is 30.3 Å². The molecule has 0 spiro atoms. The molecule has 2 aromatic rings. The number of halogens is 1. The molecular weight excluding hydrogens is 362 g/mol. The van der Waals surface area contributed by atoms with Crippen LogP contribution in [-0.4, -0.2) is 33.2 Å². The molecule has 0 aromatic heterocycles. The number of hydrogen-bond donors (Lipinski definition) is 0. The molecule has 0 aliphatic carbocycles. The van der Waals surface area contributed by atoms with Crippen LogP contribution in [0.4, 0.5) is 11.4 Å². The van der Waals surface area contributed by atoms with Crippen molar-refractivity contribution in [3.63, 3.8) is 0 Å². The van der Waals surface area contributed by atoms with E-state index in [-0.39, 0.29) is 22.2 Å². The fourth-order valence-corrected chi connectivity index (χ4v) is 3.60. The standard InChI is InChI=1S/C17H14ClN3O3S/c18-15-11-13(21(23)24)7-8-14(15)16(22)20-9-4-10-25-17(20)19-12-5-2-1-3-6-12/h1-3,5-8,11H,4,9-10H2. The van der Waals surface area contributed by atoms with Gasteiger partial charge in [-0.05, 0) is 24.6 Å². The van der Waals surface area contributed by atoms with Gasteiger partial charge in [0.25, 0.3) is 11.6 Å². The smallest absolute Gasteiger partial charge is 0.270 e. The summed E-state index contributed by atoms with van der Waals surface area (Å²) in [6, 6.07) is 13.3. The Bertz CT molecular complexity index is 842. The van der Waals surface area contributed by atoms with Gasteiger partial charge in [0, 0.05) is 24.4 Å². The number of nitro groups is 1. The zero-order valence-electron chi connectivity index (χ0n) is 13.1. The number of hydrogen-bond acceptors (Lipinski definition) is 5. The van der Waals surface area contributed by atoms with Crippen LogP contribution in [0.3, 0.4) is 0 Å². The van der Waals surface area contributed by atoms with Gasteiger partial charge in [-0.2, -0.15) is 0 Å². The van der Waals surface area contributed by atoms with E-state index in [1.165, 1.54) is 30.0 Å². The average Bonchev–Trinajstić information content (AvgIpc) is 2.62. The molecule has 8 heteroatoms. The van der Waals surface area contributed by atoms with Gasteiger partial charge in [-0.1, -0.05) is 41.6 Å². The minimum absolute atomic E-state index is 0.0637. The minimum Gasteiger partial charge on any atom is -0.287 e. The second kappa shape index (κ2) is 7.67. The fraction of sp³-hybridized carbons (Fsp3) is 0.176. The molecule has 0 saturated carbocycles. The summed E-state index contributed by atoms with van der Waals surface area (Å²) in [6.45, 7) is 0.533. The Kier molecular flexibility index (Phi) is 5.35. The summed E-state index contributed by atoms with van der Waals surface area (Å²) in [5.41, 5.74) is 0.850. The maximum atomic E-state index is 12.9. The van der Waals surface area contributed by atoms with Crippen LogP contribution in [0.25, 0.3) is 0 Å². The third-order valence-electron chi connectivity index (χ3n) is 3.61. The average molecular weight is 376 g/mol. The first-order chi connectivity index (χ1) is 12.1. The van der Waals surface area contributed by atoms with Crippen LogP contribution < -0.4 is 0 Å².